The first-order valence-corrected chi connectivity index (χ1v) is 5.12. The van der Waals surface area contributed by atoms with Crippen molar-refractivity contribution >= 4 is 0 Å². The van der Waals surface area contributed by atoms with Gasteiger partial charge in [0.05, 0.1) is 7.11 Å². The van der Waals surface area contributed by atoms with Gasteiger partial charge < -0.3 is 4.74 Å². The van der Waals surface area contributed by atoms with E-state index >= 15 is 0 Å². The third-order valence-electron chi connectivity index (χ3n) is 2.64. The number of rotatable bonds is 2. The second-order valence-electron chi connectivity index (χ2n) is 3.86. The van der Waals surface area contributed by atoms with Crippen LogP contribution in [0, 0.1) is 0 Å². The smallest absolute Gasteiger partial charge is 0.115 e. The number of hydrogen-bond acceptors (Lipinski definition) is 2. The van der Waals surface area contributed by atoms with E-state index in [0.29, 0.717) is 5.92 Å². The largest absolute Gasteiger partial charge is 0.497 e. The molecule has 1 atom stereocenters. The Kier molecular flexibility index (Phi) is 2.86. The standard InChI is InChI=1S/C13H15NO/c1-10-6-12(8-13(7-10)15-2)11-4-3-5-14-9-11/h3-5,7-9,12H,6H2,1-2H3. The van der Waals surface area contributed by atoms with Gasteiger partial charge in [0, 0.05) is 18.3 Å². The van der Waals surface area contributed by atoms with Gasteiger partial charge in [0.2, 0.25) is 0 Å². The summed E-state index contributed by atoms with van der Waals surface area (Å²) in [7, 11) is 1.71. The SMILES string of the molecule is COC1=CC(c2cccnc2)CC(C)=C1. The third-order valence-corrected chi connectivity index (χ3v) is 2.64. The Balaban J connectivity index is 2.26. The van der Waals surface area contributed by atoms with Gasteiger partial charge in [-0.25, -0.2) is 0 Å². The first-order chi connectivity index (χ1) is 7.29. The van der Waals surface area contributed by atoms with Gasteiger partial charge >= 0.3 is 0 Å². The fraction of sp³-hybridized carbons (Fsp3) is 0.308. The van der Waals surface area contributed by atoms with E-state index in [1.54, 1.807) is 13.3 Å². The minimum Gasteiger partial charge on any atom is -0.497 e. The van der Waals surface area contributed by atoms with Crippen molar-refractivity contribution < 1.29 is 4.74 Å². The van der Waals surface area contributed by atoms with E-state index in [1.165, 1.54) is 11.1 Å². The van der Waals surface area contributed by atoms with Crippen LogP contribution in [-0.4, -0.2) is 12.1 Å². The maximum Gasteiger partial charge on any atom is 0.115 e. The molecule has 0 aliphatic heterocycles. The molecule has 1 aliphatic rings. The van der Waals surface area contributed by atoms with Crippen LogP contribution in [0.1, 0.15) is 24.8 Å². The second-order valence-corrected chi connectivity index (χ2v) is 3.86. The van der Waals surface area contributed by atoms with E-state index in [-0.39, 0.29) is 0 Å². The summed E-state index contributed by atoms with van der Waals surface area (Å²) >= 11 is 0. The number of allylic oxidation sites excluding steroid dienone is 3. The van der Waals surface area contributed by atoms with Gasteiger partial charge in [0.25, 0.3) is 0 Å². The maximum absolute atomic E-state index is 5.28. The van der Waals surface area contributed by atoms with Crippen LogP contribution in [0.15, 0.2) is 48.0 Å². The molecule has 15 heavy (non-hydrogen) atoms. The van der Waals surface area contributed by atoms with Crippen LogP contribution in [0.4, 0.5) is 0 Å². The van der Waals surface area contributed by atoms with E-state index in [1.807, 2.05) is 12.3 Å². The summed E-state index contributed by atoms with van der Waals surface area (Å²) in [6, 6.07) is 4.09. The van der Waals surface area contributed by atoms with E-state index in [0.717, 1.165) is 12.2 Å². The summed E-state index contributed by atoms with van der Waals surface area (Å²) in [5.74, 6) is 1.35. The molecule has 0 saturated carbocycles. The monoisotopic (exact) mass is 201 g/mol. The van der Waals surface area contributed by atoms with E-state index in [9.17, 15) is 0 Å². The molecule has 0 aromatic carbocycles. The molecule has 1 aromatic rings. The molecule has 0 N–H and O–H groups in total. The van der Waals surface area contributed by atoms with Gasteiger partial charge in [0.1, 0.15) is 5.76 Å². The topological polar surface area (TPSA) is 22.1 Å². The van der Waals surface area contributed by atoms with Crippen molar-refractivity contribution in [2.75, 3.05) is 7.11 Å². The number of hydrogen-bond donors (Lipinski definition) is 0. The molecule has 1 aliphatic carbocycles. The molecular formula is C13H15NO. The molecule has 0 bridgehead atoms. The van der Waals surface area contributed by atoms with E-state index < -0.39 is 0 Å². The number of ether oxygens (including phenoxy) is 1. The Labute approximate surface area is 90.3 Å². The van der Waals surface area contributed by atoms with Crippen molar-refractivity contribution in [3.63, 3.8) is 0 Å². The Hall–Kier alpha value is -1.57. The minimum absolute atomic E-state index is 0.402. The highest BCUT2D eigenvalue weighted by atomic mass is 16.5. The number of methoxy groups -OCH3 is 1. The molecule has 2 rings (SSSR count). The van der Waals surface area contributed by atoms with Gasteiger partial charge in [-0.15, -0.1) is 0 Å². The quantitative estimate of drug-likeness (QED) is 0.733. The average Bonchev–Trinajstić information content (AvgIpc) is 2.29. The highest BCUT2D eigenvalue weighted by molar-refractivity contribution is 5.32. The predicted octanol–water partition coefficient (Wildman–Crippen LogP) is 3.05. The van der Waals surface area contributed by atoms with Crippen LogP contribution in [0.25, 0.3) is 0 Å². The van der Waals surface area contributed by atoms with Gasteiger partial charge in [-0.2, -0.15) is 0 Å². The summed E-state index contributed by atoms with van der Waals surface area (Å²) in [5.41, 5.74) is 2.60. The lowest BCUT2D eigenvalue weighted by Crippen LogP contribution is -2.03. The average molecular weight is 201 g/mol. The fourth-order valence-corrected chi connectivity index (χ4v) is 1.89. The second kappa shape index (κ2) is 4.30. The molecule has 1 aromatic heterocycles. The molecule has 0 spiro atoms. The van der Waals surface area contributed by atoms with E-state index in [2.05, 4.69) is 30.1 Å². The first kappa shape index (κ1) is 9.97. The number of nitrogens with zero attached hydrogens (tertiary/aromatic N) is 1. The van der Waals surface area contributed by atoms with Crippen molar-refractivity contribution in [3.05, 3.63) is 53.6 Å². The lowest BCUT2D eigenvalue weighted by atomic mass is 9.89. The molecule has 78 valence electrons. The third kappa shape index (κ3) is 2.27. The molecule has 0 fully saturated rings. The molecule has 0 amide bonds. The van der Waals surface area contributed by atoms with Crippen LogP contribution in [-0.2, 0) is 4.74 Å². The first-order valence-electron chi connectivity index (χ1n) is 5.12. The zero-order valence-electron chi connectivity index (χ0n) is 9.10. The molecular weight excluding hydrogens is 186 g/mol. The zero-order chi connectivity index (χ0) is 10.7. The Morgan fingerprint density at radius 1 is 1.47 bits per heavy atom. The van der Waals surface area contributed by atoms with Gasteiger partial charge in [-0.05, 0) is 37.1 Å². The van der Waals surface area contributed by atoms with Gasteiger partial charge in [-0.1, -0.05) is 11.6 Å². The molecule has 0 radical (unpaired) electrons. The van der Waals surface area contributed by atoms with Crippen molar-refractivity contribution in [1.82, 2.24) is 4.98 Å². The van der Waals surface area contributed by atoms with Crippen LogP contribution in [0.5, 0.6) is 0 Å². The Morgan fingerprint density at radius 2 is 2.33 bits per heavy atom. The summed E-state index contributed by atoms with van der Waals surface area (Å²) in [6.45, 7) is 2.13. The molecule has 2 heteroatoms. The van der Waals surface area contributed by atoms with Crippen LogP contribution < -0.4 is 0 Å². The van der Waals surface area contributed by atoms with Crippen molar-refractivity contribution in [2.24, 2.45) is 0 Å². The van der Waals surface area contributed by atoms with Crippen molar-refractivity contribution in [3.8, 4) is 0 Å². The molecule has 1 unspecified atom stereocenters. The van der Waals surface area contributed by atoms with Crippen LogP contribution in [0.2, 0.25) is 0 Å². The highest BCUT2D eigenvalue weighted by Crippen LogP contribution is 2.30. The van der Waals surface area contributed by atoms with Gasteiger partial charge in [-0.3, -0.25) is 4.98 Å². The van der Waals surface area contributed by atoms with Gasteiger partial charge in [0.15, 0.2) is 0 Å². The summed E-state index contributed by atoms with van der Waals surface area (Å²) in [6.07, 6.45) is 9.03. The number of pyridine rings is 1. The van der Waals surface area contributed by atoms with E-state index in [4.69, 9.17) is 4.74 Å². The predicted molar refractivity (Wildman–Crippen MR) is 60.4 cm³/mol. The molecule has 1 heterocycles. The van der Waals surface area contributed by atoms with Crippen LogP contribution >= 0.6 is 0 Å². The fourth-order valence-electron chi connectivity index (χ4n) is 1.89. The summed E-state index contributed by atoms with van der Waals surface area (Å²) in [4.78, 5) is 4.15. The molecule has 0 saturated heterocycles. The maximum atomic E-state index is 5.28. The molecule has 2 nitrogen and oxygen atoms in total. The van der Waals surface area contributed by atoms with Crippen LogP contribution in [0.3, 0.4) is 0 Å². The lowest BCUT2D eigenvalue weighted by Gasteiger charge is -2.19. The number of aromatic nitrogens is 1. The minimum atomic E-state index is 0.402. The van der Waals surface area contributed by atoms with Crippen molar-refractivity contribution in [2.45, 2.75) is 19.3 Å². The highest BCUT2D eigenvalue weighted by Gasteiger charge is 2.15. The Morgan fingerprint density at radius 3 is 3.00 bits per heavy atom. The lowest BCUT2D eigenvalue weighted by molar-refractivity contribution is 0.301. The Bertz CT molecular complexity index is 392. The summed E-state index contributed by atoms with van der Waals surface area (Å²) in [5, 5.41) is 0. The summed E-state index contributed by atoms with van der Waals surface area (Å²) < 4.78 is 5.28. The zero-order valence-corrected chi connectivity index (χ0v) is 9.10. The normalized spacial score (nSPS) is 20.5. The van der Waals surface area contributed by atoms with Crippen molar-refractivity contribution in [1.29, 1.82) is 0 Å².